The first-order valence-corrected chi connectivity index (χ1v) is 8.31. The summed E-state index contributed by atoms with van der Waals surface area (Å²) in [4.78, 5) is 8.43. The van der Waals surface area contributed by atoms with E-state index in [1.54, 1.807) is 7.11 Å². The van der Waals surface area contributed by atoms with Crippen LogP contribution in [0.3, 0.4) is 0 Å². The van der Waals surface area contributed by atoms with Crippen LogP contribution in [0.25, 0.3) is 0 Å². The molecule has 0 aromatic carbocycles. The number of hydrogen-bond acceptors (Lipinski definition) is 5. The molecule has 5 heteroatoms. The third-order valence-corrected chi connectivity index (χ3v) is 4.23. The third-order valence-electron chi connectivity index (χ3n) is 3.02. The summed E-state index contributed by atoms with van der Waals surface area (Å²) >= 11 is 1.81. The molecule has 0 atom stereocenters. The molecule has 4 nitrogen and oxygen atoms in total. The molecule has 0 amide bonds. The van der Waals surface area contributed by atoms with Crippen LogP contribution in [0.2, 0.25) is 0 Å². The molecule has 1 heterocycles. The predicted octanol–water partition coefficient (Wildman–Crippen LogP) is 3.06. The van der Waals surface area contributed by atoms with E-state index < -0.39 is 0 Å². The second kappa shape index (κ2) is 9.32. The molecule has 0 bridgehead atoms. The van der Waals surface area contributed by atoms with Crippen molar-refractivity contribution in [2.24, 2.45) is 5.92 Å². The van der Waals surface area contributed by atoms with Crippen LogP contribution in [0.15, 0.2) is 0 Å². The zero-order chi connectivity index (χ0) is 15.0. The molecule has 0 fully saturated rings. The van der Waals surface area contributed by atoms with Crippen LogP contribution in [-0.2, 0) is 11.3 Å². The van der Waals surface area contributed by atoms with Crippen molar-refractivity contribution >= 4 is 16.5 Å². The third kappa shape index (κ3) is 5.77. The van der Waals surface area contributed by atoms with Crippen LogP contribution in [0.1, 0.15) is 37.8 Å². The molecule has 0 spiro atoms. The zero-order valence-electron chi connectivity index (χ0n) is 13.5. The van der Waals surface area contributed by atoms with Crippen LogP contribution in [-0.4, -0.2) is 38.3 Å². The lowest BCUT2D eigenvalue weighted by atomic mass is 10.2. The Kier molecular flexibility index (Phi) is 8.11. The van der Waals surface area contributed by atoms with E-state index in [1.807, 2.05) is 11.3 Å². The Balaban J connectivity index is 2.71. The minimum atomic E-state index is 0.623. The van der Waals surface area contributed by atoms with E-state index in [-0.39, 0.29) is 0 Å². The van der Waals surface area contributed by atoms with E-state index in [9.17, 15) is 0 Å². The molecule has 1 aromatic heterocycles. The topological polar surface area (TPSA) is 37.4 Å². The van der Waals surface area contributed by atoms with Gasteiger partial charge < -0.3 is 15.0 Å². The van der Waals surface area contributed by atoms with Crippen molar-refractivity contribution in [1.82, 2.24) is 10.3 Å². The summed E-state index contributed by atoms with van der Waals surface area (Å²) in [6, 6.07) is 0. The molecule has 1 rings (SSSR count). The van der Waals surface area contributed by atoms with Crippen molar-refractivity contribution in [3.8, 4) is 0 Å². The van der Waals surface area contributed by atoms with Gasteiger partial charge in [0.25, 0.3) is 0 Å². The van der Waals surface area contributed by atoms with Gasteiger partial charge in [0.05, 0.1) is 12.3 Å². The second-order valence-electron chi connectivity index (χ2n) is 5.51. The number of nitrogens with zero attached hydrogens (tertiary/aromatic N) is 2. The van der Waals surface area contributed by atoms with Crippen LogP contribution in [0.4, 0.5) is 5.13 Å². The highest BCUT2D eigenvalue weighted by atomic mass is 32.1. The van der Waals surface area contributed by atoms with Crippen LogP contribution in [0, 0.1) is 12.8 Å². The first-order chi connectivity index (χ1) is 9.58. The van der Waals surface area contributed by atoms with E-state index >= 15 is 0 Å². The molecule has 0 saturated heterocycles. The van der Waals surface area contributed by atoms with Crippen LogP contribution < -0.4 is 10.2 Å². The number of hydrogen-bond donors (Lipinski definition) is 1. The van der Waals surface area contributed by atoms with Gasteiger partial charge in [-0.25, -0.2) is 4.98 Å². The summed E-state index contributed by atoms with van der Waals surface area (Å²) in [6.45, 7) is 13.4. The van der Waals surface area contributed by atoms with Gasteiger partial charge in [0.15, 0.2) is 5.13 Å². The maximum Gasteiger partial charge on any atom is 0.185 e. The number of thiazole rings is 1. The molecule has 20 heavy (non-hydrogen) atoms. The van der Waals surface area contributed by atoms with Gasteiger partial charge in [-0.2, -0.15) is 0 Å². The van der Waals surface area contributed by atoms with E-state index in [0.717, 1.165) is 50.0 Å². The average Bonchev–Trinajstić information content (AvgIpc) is 2.76. The van der Waals surface area contributed by atoms with Crippen molar-refractivity contribution in [2.45, 2.75) is 40.7 Å². The molecule has 0 aliphatic rings. The Labute approximate surface area is 127 Å². The monoisotopic (exact) mass is 299 g/mol. The summed E-state index contributed by atoms with van der Waals surface area (Å²) in [5.41, 5.74) is 1.15. The quantitative estimate of drug-likeness (QED) is 0.674. The van der Waals surface area contributed by atoms with Crippen molar-refractivity contribution in [2.75, 3.05) is 38.3 Å². The number of nitrogens with one attached hydrogen (secondary N) is 1. The highest BCUT2D eigenvalue weighted by molar-refractivity contribution is 7.15. The lowest BCUT2D eigenvalue weighted by Gasteiger charge is -2.23. The Bertz CT molecular complexity index is 379. The van der Waals surface area contributed by atoms with E-state index in [2.05, 4.69) is 37.9 Å². The van der Waals surface area contributed by atoms with Crippen molar-refractivity contribution in [3.63, 3.8) is 0 Å². The number of aromatic nitrogens is 1. The smallest absolute Gasteiger partial charge is 0.185 e. The summed E-state index contributed by atoms with van der Waals surface area (Å²) in [6.07, 6.45) is 1.16. The standard InChI is InChI=1S/C15H29N3OS/c1-6-7-16-10-14-13(4)17-15(20-14)18(8-9-19-5)11-12(2)3/h12,16H,6-11H2,1-5H3. The highest BCUT2D eigenvalue weighted by Gasteiger charge is 2.15. The fourth-order valence-electron chi connectivity index (χ4n) is 2.00. The number of ether oxygens (including phenoxy) is 1. The molecular weight excluding hydrogens is 270 g/mol. The van der Waals surface area contributed by atoms with Gasteiger partial charge in [0.2, 0.25) is 0 Å². The van der Waals surface area contributed by atoms with Crippen LogP contribution >= 0.6 is 11.3 Å². The van der Waals surface area contributed by atoms with Gasteiger partial charge in [0.1, 0.15) is 0 Å². The largest absolute Gasteiger partial charge is 0.383 e. The molecule has 0 aliphatic heterocycles. The van der Waals surface area contributed by atoms with Crippen molar-refractivity contribution < 1.29 is 4.74 Å². The number of rotatable bonds is 10. The van der Waals surface area contributed by atoms with Gasteiger partial charge >= 0.3 is 0 Å². The Hall–Kier alpha value is -0.650. The molecule has 1 aromatic rings. The SMILES string of the molecule is CCCNCc1sc(N(CCOC)CC(C)C)nc1C. The summed E-state index contributed by atoms with van der Waals surface area (Å²) in [5.74, 6) is 0.623. The van der Waals surface area contributed by atoms with E-state index in [1.165, 1.54) is 4.88 Å². The molecule has 0 unspecified atom stereocenters. The van der Waals surface area contributed by atoms with Crippen molar-refractivity contribution in [3.05, 3.63) is 10.6 Å². The summed E-state index contributed by atoms with van der Waals surface area (Å²) in [7, 11) is 1.75. The van der Waals surface area contributed by atoms with Gasteiger partial charge in [-0.15, -0.1) is 11.3 Å². The lowest BCUT2D eigenvalue weighted by Crippen LogP contribution is -2.30. The highest BCUT2D eigenvalue weighted by Crippen LogP contribution is 2.26. The Morgan fingerprint density at radius 1 is 1.40 bits per heavy atom. The Morgan fingerprint density at radius 2 is 2.15 bits per heavy atom. The molecule has 0 aliphatic carbocycles. The van der Waals surface area contributed by atoms with E-state index in [4.69, 9.17) is 9.72 Å². The molecule has 1 N–H and O–H groups in total. The van der Waals surface area contributed by atoms with Crippen molar-refractivity contribution in [1.29, 1.82) is 0 Å². The van der Waals surface area contributed by atoms with Crippen LogP contribution in [0.5, 0.6) is 0 Å². The molecule has 0 saturated carbocycles. The maximum atomic E-state index is 5.21. The minimum Gasteiger partial charge on any atom is -0.383 e. The number of aryl methyl sites for hydroxylation is 1. The Morgan fingerprint density at radius 3 is 2.75 bits per heavy atom. The predicted molar refractivity (Wildman–Crippen MR) is 87.8 cm³/mol. The summed E-state index contributed by atoms with van der Waals surface area (Å²) < 4.78 is 5.21. The molecule has 0 radical (unpaired) electrons. The van der Waals surface area contributed by atoms with Gasteiger partial charge in [-0.3, -0.25) is 0 Å². The van der Waals surface area contributed by atoms with E-state index in [0.29, 0.717) is 5.92 Å². The van der Waals surface area contributed by atoms with Gasteiger partial charge in [-0.05, 0) is 25.8 Å². The fraction of sp³-hybridized carbons (Fsp3) is 0.800. The lowest BCUT2D eigenvalue weighted by molar-refractivity contribution is 0.204. The average molecular weight is 299 g/mol. The first kappa shape index (κ1) is 17.4. The van der Waals surface area contributed by atoms with Gasteiger partial charge in [0, 0.05) is 31.6 Å². The number of methoxy groups -OCH3 is 1. The molecular formula is C15H29N3OS. The number of anilines is 1. The van der Waals surface area contributed by atoms with Gasteiger partial charge in [-0.1, -0.05) is 20.8 Å². The summed E-state index contributed by atoms with van der Waals surface area (Å²) in [5, 5.41) is 4.58. The first-order valence-electron chi connectivity index (χ1n) is 7.49. The molecule has 116 valence electrons. The normalized spacial score (nSPS) is 11.3. The zero-order valence-corrected chi connectivity index (χ0v) is 14.3. The fourth-order valence-corrected chi connectivity index (χ4v) is 3.06. The second-order valence-corrected chi connectivity index (χ2v) is 6.58. The minimum absolute atomic E-state index is 0.623. The maximum absolute atomic E-state index is 5.21.